The second-order valence-electron chi connectivity index (χ2n) is 8.35. The molecular formula is C25H25N3O2. The van der Waals surface area contributed by atoms with Gasteiger partial charge in [-0.3, -0.25) is 9.59 Å². The van der Waals surface area contributed by atoms with Crippen LogP contribution in [0.2, 0.25) is 0 Å². The molecule has 0 saturated heterocycles. The zero-order valence-corrected chi connectivity index (χ0v) is 17.3. The number of carbonyl (C=O) groups is 2. The number of para-hydroxylation sites is 2. The van der Waals surface area contributed by atoms with Crippen LogP contribution in [0.4, 0.5) is 5.69 Å². The van der Waals surface area contributed by atoms with Gasteiger partial charge >= 0.3 is 0 Å². The second kappa shape index (κ2) is 6.59. The van der Waals surface area contributed by atoms with Gasteiger partial charge in [-0.1, -0.05) is 56.3 Å². The summed E-state index contributed by atoms with van der Waals surface area (Å²) in [7, 11) is 0. The minimum atomic E-state index is -1.17. The van der Waals surface area contributed by atoms with E-state index in [1.165, 1.54) is 0 Å². The molecule has 0 bridgehead atoms. The average molecular weight is 399 g/mol. The van der Waals surface area contributed by atoms with Crippen molar-refractivity contribution >= 4 is 28.4 Å². The smallest absolute Gasteiger partial charge is 0.264 e. The third-order valence-corrected chi connectivity index (χ3v) is 6.38. The van der Waals surface area contributed by atoms with Gasteiger partial charge in [-0.2, -0.15) is 0 Å². The number of fused-ring (bicyclic) bond motifs is 6. The van der Waals surface area contributed by atoms with Gasteiger partial charge in [0.1, 0.15) is 0 Å². The highest BCUT2D eigenvalue weighted by molar-refractivity contribution is 6.13. The Bertz CT molecular complexity index is 1190. The number of aromatic nitrogens is 1. The first kappa shape index (κ1) is 18.7. The van der Waals surface area contributed by atoms with Gasteiger partial charge in [0.2, 0.25) is 5.91 Å². The van der Waals surface area contributed by atoms with Crippen molar-refractivity contribution in [3.63, 3.8) is 0 Å². The van der Waals surface area contributed by atoms with Gasteiger partial charge in [0.15, 0.2) is 5.54 Å². The molecule has 0 saturated carbocycles. The van der Waals surface area contributed by atoms with E-state index >= 15 is 0 Å². The number of anilines is 1. The van der Waals surface area contributed by atoms with Crippen LogP contribution < -0.4 is 4.90 Å². The Kier molecular flexibility index (Phi) is 4.10. The van der Waals surface area contributed by atoms with E-state index in [4.69, 9.17) is 0 Å². The first-order valence-electron chi connectivity index (χ1n) is 10.5. The van der Waals surface area contributed by atoms with E-state index in [1.807, 2.05) is 56.3 Å². The number of aromatic amines is 1. The molecule has 2 amide bonds. The average Bonchev–Trinajstić information content (AvgIpc) is 3.25. The quantitative estimate of drug-likeness (QED) is 0.677. The van der Waals surface area contributed by atoms with Gasteiger partial charge in [-0.05, 0) is 24.1 Å². The number of hydrogen-bond acceptors (Lipinski definition) is 2. The molecular weight excluding hydrogens is 374 g/mol. The molecule has 2 aliphatic heterocycles. The van der Waals surface area contributed by atoms with Crippen molar-refractivity contribution in [3.8, 4) is 0 Å². The molecule has 5 nitrogen and oxygen atoms in total. The highest BCUT2D eigenvalue weighted by Crippen LogP contribution is 2.52. The Morgan fingerprint density at radius 3 is 2.70 bits per heavy atom. The van der Waals surface area contributed by atoms with Crippen LogP contribution >= 0.6 is 0 Å². The number of carbonyl (C=O) groups excluding carboxylic acids is 2. The number of H-pyrrole nitrogens is 1. The third-order valence-electron chi connectivity index (χ3n) is 6.38. The third kappa shape index (κ3) is 2.23. The van der Waals surface area contributed by atoms with Crippen molar-refractivity contribution < 1.29 is 9.59 Å². The molecule has 5 rings (SSSR count). The van der Waals surface area contributed by atoms with E-state index in [0.29, 0.717) is 13.1 Å². The minimum Gasteiger partial charge on any atom is -0.355 e. The maximum atomic E-state index is 14.2. The Hall–Kier alpha value is -3.34. The Balaban J connectivity index is 1.87. The van der Waals surface area contributed by atoms with Crippen LogP contribution in [0.15, 0.2) is 61.2 Å². The zero-order valence-electron chi connectivity index (χ0n) is 17.3. The fourth-order valence-corrected chi connectivity index (χ4v) is 5.13. The van der Waals surface area contributed by atoms with Crippen LogP contribution in [-0.2, 0) is 21.5 Å². The van der Waals surface area contributed by atoms with Crippen LogP contribution in [0, 0.1) is 5.92 Å². The molecule has 1 N–H and O–H groups in total. The van der Waals surface area contributed by atoms with Crippen molar-refractivity contribution in [2.24, 2.45) is 5.92 Å². The first-order chi connectivity index (χ1) is 14.5. The lowest BCUT2D eigenvalue weighted by Crippen LogP contribution is -2.60. The number of amides is 2. The maximum Gasteiger partial charge on any atom is 0.264 e. The molecule has 30 heavy (non-hydrogen) atoms. The number of nitrogens with one attached hydrogen (secondary N) is 1. The van der Waals surface area contributed by atoms with E-state index in [2.05, 4.69) is 17.6 Å². The summed E-state index contributed by atoms with van der Waals surface area (Å²) in [6, 6.07) is 15.9. The van der Waals surface area contributed by atoms with Crippen molar-refractivity contribution in [1.29, 1.82) is 0 Å². The SMILES string of the molecule is C=CCN1C(=O)[C@@]2(c3ccccc31)c1[nH]c3ccccc3c1CCN2C(=O)C(C)C. The number of hydrogen-bond donors (Lipinski definition) is 1. The van der Waals surface area contributed by atoms with Crippen molar-refractivity contribution in [2.45, 2.75) is 25.8 Å². The van der Waals surface area contributed by atoms with Crippen molar-refractivity contribution in [2.75, 3.05) is 18.0 Å². The van der Waals surface area contributed by atoms with E-state index in [9.17, 15) is 9.59 Å². The summed E-state index contributed by atoms with van der Waals surface area (Å²) >= 11 is 0. The van der Waals surface area contributed by atoms with E-state index in [-0.39, 0.29) is 17.7 Å². The normalized spacial score (nSPS) is 20.2. The number of rotatable bonds is 3. The highest BCUT2D eigenvalue weighted by atomic mass is 16.2. The van der Waals surface area contributed by atoms with Crippen LogP contribution in [0.3, 0.4) is 0 Å². The largest absolute Gasteiger partial charge is 0.355 e. The summed E-state index contributed by atoms with van der Waals surface area (Å²) in [4.78, 5) is 34.7. The maximum absolute atomic E-state index is 14.2. The van der Waals surface area contributed by atoms with E-state index in [0.717, 1.165) is 39.8 Å². The fourth-order valence-electron chi connectivity index (χ4n) is 5.13. The Labute approximate surface area is 176 Å². The van der Waals surface area contributed by atoms with Crippen LogP contribution in [0.25, 0.3) is 10.9 Å². The van der Waals surface area contributed by atoms with Gasteiger partial charge in [0, 0.05) is 35.5 Å². The van der Waals surface area contributed by atoms with Crippen LogP contribution in [0.5, 0.6) is 0 Å². The summed E-state index contributed by atoms with van der Waals surface area (Å²) in [5, 5.41) is 1.12. The summed E-state index contributed by atoms with van der Waals surface area (Å²) < 4.78 is 0. The predicted molar refractivity (Wildman–Crippen MR) is 118 cm³/mol. The lowest BCUT2D eigenvalue weighted by Gasteiger charge is -2.44. The fraction of sp³-hybridized carbons (Fsp3) is 0.280. The molecule has 1 spiro atoms. The molecule has 2 aromatic carbocycles. The molecule has 0 fully saturated rings. The summed E-state index contributed by atoms with van der Waals surface area (Å²) in [5.41, 5.74) is 3.48. The van der Waals surface area contributed by atoms with Gasteiger partial charge in [-0.25, -0.2) is 0 Å². The van der Waals surface area contributed by atoms with Gasteiger partial charge in [-0.15, -0.1) is 6.58 Å². The summed E-state index contributed by atoms with van der Waals surface area (Å²) in [5.74, 6) is -0.311. The topological polar surface area (TPSA) is 56.4 Å². The van der Waals surface area contributed by atoms with Gasteiger partial charge < -0.3 is 14.8 Å². The van der Waals surface area contributed by atoms with Crippen LogP contribution in [0.1, 0.15) is 30.7 Å². The summed E-state index contributed by atoms with van der Waals surface area (Å²) in [6.45, 7) is 8.54. The predicted octanol–water partition coefficient (Wildman–Crippen LogP) is 3.98. The monoisotopic (exact) mass is 399 g/mol. The zero-order chi connectivity index (χ0) is 21.0. The number of nitrogens with zero attached hydrogens (tertiary/aromatic N) is 2. The van der Waals surface area contributed by atoms with Crippen molar-refractivity contribution in [1.82, 2.24) is 9.88 Å². The molecule has 0 aliphatic carbocycles. The molecule has 1 atom stereocenters. The number of benzene rings is 2. The molecule has 5 heteroatoms. The standard InChI is InChI=1S/C25H25N3O2/c1-4-14-27-21-12-8-6-10-19(21)25(24(27)30)22-18(13-15-28(25)23(29)16(2)3)17-9-5-7-11-20(17)26-22/h4-12,16,26H,1,13-15H2,2-3H3/t25-/m1/s1. The molecule has 1 aromatic heterocycles. The molecule has 3 heterocycles. The first-order valence-corrected chi connectivity index (χ1v) is 10.5. The lowest BCUT2D eigenvalue weighted by molar-refractivity contribution is -0.147. The van der Waals surface area contributed by atoms with Gasteiger partial charge in [0.25, 0.3) is 5.91 Å². The van der Waals surface area contributed by atoms with E-state index < -0.39 is 5.54 Å². The highest BCUT2D eigenvalue weighted by Gasteiger charge is 2.60. The Morgan fingerprint density at radius 2 is 1.93 bits per heavy atom. The van der Waals surface area contributed by atoms with E-state index in [1.54, 1.807) is 15.9 Å². The molecule has 2 aliphatic rings. The molecule has 0 unspecified atom stereocenters. The minimum absolute atomic E-state index is 0.0112. The molecule has 3 aromatic rings. The Morgan fingerprint density at radius 1 is 1.20 bits per heavy atom. The van der Waals surface area contributed by atoms with Gasteiger partial charge in [0.05, 0.1) is 11.4 Å². The van der Waals surface area contributed by atoms with Crippen LogP contribution in [-0.4, -0.2) is 34.8 Å². The van der Waals surface area contributed by atoms with Crippen molar-refractivity contribution in [3.05, 3.63) is 78.0 Å². The molecule has 0 radical (unpaired) electrons. The summed E-state index contributed by atoms with van der Waals surface area (Å²) in [6.07, 6.45) is 2.45. The molecule has 152 valence electrons. The second-order valence-corrected chi connectivity index (χ2v) is 8.35. The lowest BCUT2D eigenvalue weighted by atomic mass is 9.79.